The maximum absolute atomic E-state index is 4.26. The van der Waals surface area contributed by atoms with Crippen molar-refractivity contribution in [2.24, 2.45) is 13.0 Å². The largest absolute Gasteiger partial charge is 0.314 e. The summed E-state index contributed by atoms with van der Waals surface area (Å²) in [5.74, 6) is 1.95. The van der Waals surface area contributed by atoms with Crippen molar-refractivity contribution < 1.29 is 0 Å². The van der Waals surface area contributed by atoms with Crippen LogP contribution in [0.25, 0.3) is 0 Å². The molecular weight excluding hydrogens is 176 g/mol. The van der Waals surface area contributed by atoms with Gasteiger partial charge in [-0.05, 0) is 25.3 Å². The highest BCUT2D eigenvalue weighted by Crippen LogP contribution is 2.33. The molecule has 0 spiro atoms. The third-order valence-corrected chi connectivity index (χ3v) is 2.86. The maximum Gasteiger partial charge on any atom is 0.138 e. The van der Waals surface area contributed by atoms with E-state index in [4.69, 9.17) is 0 Å². The van der Waals surface area contributed by atoms with E-state index in [0.717, 1.165) is 24.7 Å². The van der Waals surface area contributed by atoms with Gasteiger partial charge in [0.2, 0.25) is 0 Å². The third-order valence-electron chi connectivity index (χ3n) is 2.86. The highest BCUT2D eigenvalue weighted by Gasteiger charge is 2.31. The van der Waals surface area contributed by atoms with Gasteiger partial charge in [-0.3, -0.25) is 4.68 Å². The molecule has 1 aromatic heterocycles. The lowest BCUT2D eigenvalue weighted by Crippen LogP contribution is -2.33. The van der Waals surface area contributed by atoms with E-state index in [1.807, 2.05) is 11.7 Å². The second kappa shape index (κ2) is 4.09. The Morgan fingerprint density at radius 1 is 1.64 bits per heavy atom. The van der Waals surface area contributed by atoms with E-state index in [9.17, 15) is 0 Å². The summed E-state index contributed by atoms with van der Waals surface area (Å²) in [6.45, 7) is 3.20. The number of rotatable bonds is 5. The lowest BCUT2D eigenvalue weighted by molar-refractivity contribution is 0.455. The maximum atomic E-state index is 4.26. The highest BCUT2D eigenvalue weighted by molar-refractivity contribution is 4.95. The van der Waals surface area contributed by atoms with Crippen molar-refractivity contribution in [3.63, 3.8) is 0 Å². The summed E-state index contributed by atoms with van der Waals surface area (Å²) in [4.78, 5) is 4.26. The van der Waals surface area contributed by atoms with Crippen molar-refractivity contribution in [1.29, 1.82) is 0 Å². The van der Waals surface area contributed by atoms with Crippen molar-refractivity contribution in [1.82, 2.24) is 20.1 Å². The first-order valence-corrected chi connectivity index (χ1v) is 5.37. The molecule has 0 saturated heterocycles. The molecule has 14 heavy (non-hydrogen) atoms. The van der Waals surface area contributed by atoms with Gasteiger partial charge < -0.3 is 5.32 Å². The van der Waals surface area contributed by atoms with Crippen molar-refractivity contribution in [2.45, 2.75) is 32.2 Å². The molecule has 1 unspecified atom stereocenters. The average Bonchev–Trinajstić information content (AvgIpc) is 2.93. The topological polar surface area (TPSA) is 42.7 Å². The van der Waals surface area contributed by atoms with Gasteiger partial charge in [0.25, 0.3) is 0 Å². The van der Waals surface area contributed by atoms with Crippen LogP contribution in [0.4, 0.5) is 0 Å². The second-order valence-electron chi connectivity index (χ2n) is 4.01. The Kier molecular flexibility index (Phi) is 2.82. The molecule has 2 rings (SSSR count). The summed E-state index contributed by atoms with van der Waals surface area (Å²) in [5.41, 5.74) is 0. The van der Waals surface area contributed by atoms with Gasteiger partial charge in [-0.2, -0.15) is 5.10 Å². The number of hydrogen-bond acceptors (Lipinski definition) is 3. The summed E-state index contributed by atoms with van der Waals surface area (Å²) in [6, 6.07) is 0.600. The Hall–Kier alpha value is -0.900. The molecule has 1 aliphatic rings. The summed E-state index contributed by atoms with van der Waals surface area (Å²) in [7, 11) is 1.96. The van der Waals surface area contributed by atoms with Crippen LogP contribution in [-0.2, 0) is 13.5 Å². The third kappa shape index (κ3) is 2.12. The minimum absolute atomic E-state index is 0.600. The number of nitrogens with zero attached hydrogens (tertiary/aromatic N) is 3. The number of aromatic nitrogens is 3. The number of hydrogen-bond donors (Lipinski definition) is 1. The zero-order valence-corrected chi connectivity index (χ0v) is 8.90. The Balaban J connectivity index is 1.96. The van der Waals surface area contributed by atoms with Crippen LogP contribution < -0.4 is 5.32 Å². The van der Waals surface area contributed by atoms with Gasteiger partial charge in [-0.25, -0.2) is 4.98 Å². The van der Waals surface area contributed by atoms with Gasteiger partial charge >= 0.3 is 0 Å². The molecule has 1 saturated carbocycles. The van der Waals surface area contributed by atoms with Gasteiger partial charge in [0, 0.05) is 19.5 Å². The van der Waals surface area contributed by atoms with Crippen LogP contribution in [0.15, 0.2) is 6.33 Å². The first-order valence-electron chi connectivity index (χ1n) is 5.37. The van der Waals surface area contributed by atoms with Gasteiger partial charge in [-0.1, -0.05) is 6.92 Å². The van der Waals surface area contributed by atoms with Crippen LogP contribution in [0, 0.1) is 5.92 Å². The molecule has 0 amide bonds. The predicted molar refractivity (Wildman–Crippen MR) is 54.9 cm³/mol. The molecule has 1 aliphatic carbocycles. The van der Waals surface area contributed by atoms with Gasteiger partial charge in [0.1, 0.15) is 12.2 Å². The monoisotopic (exact) mass is 194 g/mol. The van der Waals surface area contributed by atoms with E-state index < -0.39 is 0 Å². The van der Waals surface area contributed by atoms with Crippen LogP contribution in [0.2, 0.25) is 0 Å². The molecule has 1 fully saturated rings. The van der Waals surface area contributed by atoms with Crippen LogP contribution in [0.1, 0.15) is 25.6 Å². The van der Waals surface area contributed by atoms with E-state index in [-0.39, 0.29) is 0 Å². The van der Waals surface area contributed by atoms with Crippen LogP contribution in [-0.4, -0.2) is 27.4 Å². The Bertz CT molecular complexity index is 290. The Labute approximate surface area is 84.7 Å². The molecule has 1 aromatic rings. The fourth-order valence-electron chi connectivity index (χ4n) is 1.87. The van der Waals surface area contributed by atoms with E-state index in [1.54, 1.807) is 6.33 Å². The van der Waals surface area contributed by atoms with Crippen molar-refractivity contribution in [2.75, 3.05) is 6.54 Å². The lowest BCUT2D eigenvalue weighted by atomic mass is 10.1. The zero-order valence-electron chi connectivity index (χ0n) is 8.90. The fraction of sp³-hybridized carbons (Fsp3) is 0.800. The summed E-state index contributed by atoms with van der Waals surface area (Å²) < 4.78 is 1.87. The molecule has 0 aliphatic heterocycles. The molecule has 0 aromatic carbocycles. The van der Waals surface area contributed by atoms with E-state index in [0.29, 0.717) is 6.04 Å². The summed E-state index contributed by atoms with van der Waals surface area (Å²) >= 11 is 0. The molecule has 4 nitrogen and oxygen atoms in total. The molecule has 1 heterocycles. The van der Waals surface area contributed by atoms with Gasteiger partial charge in [0.15, 0.2) is 0 Å². The van der Waals surface area contributed by atoms with E-state index >= 15 is 0 Å². The van der Waals surface area contributed by atoms with Crippen LogP contribution in [0.3, 0.4) is 0 Å². The second-order valence-corrected chi connectivity index (χ2v) is 4.01. The molecule has 0 bridgehead atoms. The smallest absolute Gasteiger partial charge is 0.138 e. The minimum Gasteiger partial charge on any atom is -0.314 e. The molecular formula is C10H18N4. The molecule has 0 radical (unpaired) electrons. The van der Waals surface area contributed by atoms with E-state index in [1.165, 1.54) is 12.8 Å². The minimum atomic E-state index is 0.600. The number of likely N-dealkylation sites (N-methyl/N-ethyl adjacent to an activating group) is 1. The van der Waals surface area contributed by atoms with Gasteiger partial charge in [0.05, 0.1) is 0 Å². The molecule has 4 heteroatoms. The first-order chi connectivity index (χ1) is 6.81. The first kappa shape index (κ1) is 9.65. The normalized spacial score (nSPS) is 18.4. The molecule has 1 atom stereocenters. The van der Waals surface area contributed by atoms with Crippen LogP contribution in [0.5, 0.6) is 0 Å². The predicted octanol–water partition coefficient (Wildman–Crippen LogP) is 0.746. The Morgan fingerprint density at radius 3 is 2.93 bits per heavy atom. The molecule has 1 N–H and O–H groups in total. The SMILES string of the molecule is CCNC(Cc1ncnn1C)C1CC1. The Morgan fingerprint density at radius 2 is 2.43 bits per heavy atom. The fourth-order valence-corrected chi connectivity index (χ4v) is 1.87. The van der Waals surface area contributed by atoms with Crippen molar-refractivity contribution in [3.8, 4) is 0 Å². The number of nitrogens with one attached hydrogen (secondary N) is 1. The summed E-state index contributed by atoms with van der Waals surface area (Å²) in [5, 5.41) is 7.62. The van der Waals surface area contributed by atoms with E-state index in [2.05, 4.69) is 22.3 Å². The van der Waals surface area contributed by atoms with Gasteiger partial charge in [-0.15, -0.1) is 0 Å². The highest BCUT2D eigenvalue weighted by atomic mass is 15.3. The van der Waals surface area contributed by atoms with Crippen molar-refractivity contribution in [3.05, 3.63) is 12.2 Å². The lowest BCUT2D eigenvalue weighted by Gasteiger charge is -2.16. The molecule has 78 valence electrons. The quantitative estimate of drug-likeness (QED) is 0.752. The zero-order chi connectivity index (χ0) is 9.97. The average molecular weight is 194 g/mol. The number of aryl methyl sites for hydroxylation is 1. The van der Waals surface area contributed by atoms with Crippen LogP contribution >= 0.6 is 0 Å². The van der Waals surface area contributed by atoms with Crippen molar-refractivity contribution >= 4 is 0 Å². The summed E-state index contributed by atoms with van der Waals surface area (Å²) in [6.07, 6.45) is 5.38. The standard InChI is InChI=1S/C10H18N4/c1-3-11-9(8-4-5-8)6-10-12-7-13-14(10)2/h7-9,11H,3-6H2,1-2H3.